The van der Waals surface area contributed by atoms with Gasteiger partial charge in [-0.3, -0.25) is 29.3 Å². The Balaban J connectivity index is 0.990. The number of hydrogen-bond acceptors (Lipinski definition) is 30. The maximum atomic E-state index is 14.6. The minimum absolute atomic E-state index is 0.00948. The van der Waals surface area contributed by atoms with Crippen LogP contribution in [0.25, 0.3) is 0 Å². The zero-order valence-corrected chi connectivity index (χ0v) is 67.2. The number of nitrogens with zero attached hydrogens (tertiary/aromatic N) is 1. The monoisotopic (exact) mass is 1670 g/mol. The maximum Gasteiger partial charge on any atom is 0.411 e. The molecule has 4 fully saturated rings. The van der Waals surface area contributed by atoms with E-state index in [0.717, 1.165) is 24.4 Å². The van der Waals surface area contributed by atoms with Crippen LogP contribution < -0.4 is 40.5 Å². The van der Waals surface area contributed by atoms with Gasteiger partial charge in [-0.25, -0.2) is 10.2 Å². The Hall–Kier alpha value is -5.46. The third kappa shape index (κ3) is 22.2. The molecule has 19 atom stereocenters. The highest BCUT2D eigenvalue weighted by Gasteiger charge is 2.52. The summed E-state index contributed by atoms with van der Waals surface area (Å²) in [7, 11) is 9.44. The minimum atomic E-state index is -2.20. The molecule has 8 rings (SSSR count). The predicted molar refractivity (Wildman–Crippen MR) is 406 cm³/mol. The van der Waals surface area contributed by atoms with Crippen LogP contribution in [-0.4, -0.2) is 241 Å². The lowest BCUT2D eigenvalue weighted by Gasteiger charge is -2.46. The van der Waals surface area contributed by atoms with E-state index in [0.29, 0.717) is 46.6 Å². The van der Waals surface area contributed by atoms with Crippen LogP contribution in [0, 0.1) is 40.1 Å². The molecule has 4 heterocycles. The van der Waals surface area contributed by atoms with Gasteiger partial charge in [-0.05, 0) is 132 Å². The van der Waals surface area contributed by atoms with Gasteiger partial charge in [-0.15, -0.1) is 0 Å². The molecular weight excluding hydrogens is 1570 g/mol. The first kappa shape index (κ1) is 87.1. The van der Waals surface area contributed by atoms with Crippen LogP contribution in [0.1, 0.15) is 122 Å². The highest BCUT2D eigenvalue weighted by Crippen LogP contribution is 2.49. The van der Waals surface area contributed by atoms with E-state index in [9.17, 15) is 49.5 Å². The molecule has 0 unspecified atom stereocenters. The number of alkyl carbamates (subject to hydrolysis) is 1. The second-order valence-corrected chi connectivity index (χ2v) is 32.5. The number of ketones is 2. The molecule has 29 nitrogen and oxygen atoms in total. The van der Waals surface area contributed by atoms with Crippen molar-refractivity contribution < 1.29 is 116 Å². The highest BCUT2D eigenvalue weighted by atomic mass is 127. The number of allylic oxidation sites excluding steroid dienone is 3. The molecule has 107 heavy (non-hydrogen) atoms. The summed E-state index contributed by atoms with van der Waals surface area (Å²) in [5, 5.41) is 67.9. The molecule has 2 amide bonds. The lowest BCUT2D eigenvalue weighted by Crippen LogP contribution is -2.65. The van der Waals surface area contributed by atoms with Gasteiger partial charge in [0.2, 0.25) is 23.1 Å². The Morgan fingerprint density at radius 2 is 1.58 bits per heavy atom. The highest BCUT2D eigenvalue weighted by molar-refractivity contribution is 14.1. The fourth-order valence-electron chi connectivity index (χ4n) is 12.8. The zero-order chi connectivity index (χ0) is 78.2. The number of amides is 2. The average molecular weight is 1670 g/mol. The number of hydrogen-bond donors (Lipinski definition) is 9. The lowest BCUT2D eigenvalue weighted by atomic mass is 9.75. The molecule has 590 valence electrons. The van der Waals surface area contributed by atoms with Gasteiger partial charge in [0.05, 0.1) is 109 Å². The number of benzene rings is 2. The van der Waals surface area contributed by atoms with E-state index in [1.807, 2.05) is 69.3 Å². The van der Waals surface area contributed by atoms with E-state index >= 15 is 0 Å². The summed E-state index contributed by atoms with van der Waals surface area (Å²) in [5.41, 5.74) is 4.84. The maximum absolute atomic E-state index is 14.6. The number of rotatable bonds is 32. The van der Waals surface area contributed by atoms with Gasteiger partial charge in [0.25, 0.3) is 0 Å². The van der Waals surface area contributed by atoms with Gasteiger partial charge >= 0.3 is 6.09 Å². The van der Waals surface area contributed by atoms with Crippen molar-refractivity contribution in [2.75, 3.05) is 61.1 Å². The number of nitrogens with one attached hydrogen (secondary N) is 4. The van der Waals surface area contributed by atoms with Crippen molar-refractivity contribution in [1.29, 1.82) is 0 Å². The summed E-state index contributed by atoms with van der Waals surface area (Å²) >= 11 is 2.80. The van der Waals surface area contributed by atoms with E-state index in [1.54, 1.807) is 59.9 Å². The van der Waals surface area contributed by atoms with E-state index in [1.165, 1.54) is 55.1 Å². The number of likely N-dealkylation sites (N-methyl/N-ethyl adjacent to an activating group) is 1. The summed E-state index contributed by atoms with van der Waals surface area (Å²) in [6.07, 6.45) is -13.8. The van der Waals surface area contributed by atoms with Crippen LogP contribution in [-0.2, 0) is 61.9 Å². The summed E-state index contributed by atoms with van der Waals surface area (Å²) < 4.78 is 78.3. The van der Waals surface area contributed by atoms with Crippen molar-refractivity contribution in [3.8, 4) is 46.7 Å². The zero-order valence-electron chi connectivity index (χ0n) is 62.6. The molecule has 4 saturated heterocycles. The molecule has 0 radical (unpaired) electrons. The molecule has 2 aliphatic carbocycles. The van der Waals surface area contributed by atoms with E-state index in [2.05, 4.69) is 50.3 Å². The van der Waals surface area contributed by atoms with Crippen molar-refractivity contribution in [3.63, 3.8) is 0 Å². The molecule has 33 heteroatoms. The Labute approximate surface area is 649 Å². The first-order chi connectivity index (χ1) is 50.9. The minimum Gasteiger partial charge on any atom is -0.494 e. The predicted octanol–water partition coefficient (Wildman–Crippen LogP) is 6.01. The molecule has 2 bridgehead atoms. The average Bonchev–Trinajstić information content (AvgIpc) is 0.754. The number of carbonyl (C=O) groups is 5. The van der Waals surface area contributed by atoms with Crippen molar-refractivity contribution in [2.45, 2.75) is 228 Å². The van der Waals surface area contributed by atoms with Gasteiger partial charge < -0.3 is 92.4 Å². The number of fused-ring (bicyclic) bond motifs is 2. The van der Waals surface area contributed by atoms with Gasteiger partial charge in [0, 0.05) is 67.5 Å². The standard InChI is InChI=1S/C74H100IN5O24S3/c1-16-76-46-36-97-53(33-51(46)91-11)102-66-61(86)58(80-104-54-32-48(82)68(42(8)98-54)106-69(88)55-38(4)57(75)64(67(94-14)63(55)92-12)103-70-62(87)65(93-13)60(85)41(7)100-70)40(6)99-71(66)101-50-23-19-17-18-20-29-74(90)34-49(83)59(77-72(89)95-15)56(50)45(74)28-31-105-107-73(9,10)35-52(84)79-78-39(5)43-24-26-44(27-25-43)96-30-21-22-47(81)37(2)3/h17-18,24-28,37,40-42,46,48,50-51,53-54,58,60-62,65-66,68,70-71,76,80,82,85-87,90H,16,21-22,30-36H2,1-15H3,(H,77,89)(H,79,84)/b18-17-,45-28-,78-39-/t40-,41+,42-,46+,48+,50+,51+,53+,54+,58-,60+,61+,62-,65-,66-,68-,70+,71+,74+/m1/s1. The second kappa shape index (κ2) is 40.1. The van der Waals surface area contributed by atoms with E-state index < -0.39 is 137 Å². The van der Waals surface area contributed by atoms with Gasteiger partial charge in [0.15, 0.2) is 41.8 Å². The number of hydroxylamine groups is 1. The van der Waals surface area contributed by atoms with Crippen molar-refractivity contribution in [3.05, 3.63) is 79.6 Å². The van der Waals surface area contributed by atoms with Crippen LogP contribution in [0.5, 0.6) is 23.0 Å². The SMILES string of the molecule is CCN[C@H]1CO[C@@H](O[C@H]2[C@H](O[C@H]3C#C/C=C\C#C[C@]4(O)CC(=O)C(NC(=O)OC)=C3/C4=C/CSSC(C)(C)CC(=O)N/N=C(/C)c3ccc(OCCCC(=O)C(C)C)cc3)O[C@H](C)[C@@H](NO[C@H]3C[C@H](O)[C@H](SC(=O)c4c(C)c(I)c(O[C@@H]5O[C@@H](C)[C@H](O)[C@@H](OC)[C@H]5O)c(OC)c4OC)[C@@H](C)O3)[C@@H]2O)C[C@@H]1OC. The summed E-state index contributed by atoms with van der Waals surface area (Å²) in [4.78, 5) is 73.9. The van der Waals surface area contributed by atoms with Crippen LogP contribution >= 0.6 is 55.9 Å². The topological polar surface area (TPSA) is 376 Å². The Morgan fingerprint density at radius 1 is 0.869 bits per heavy atom. The molecular formula is C74H100IN5O24S3. The quantitative estimate of drug-likeness (QED) is 0.0101. The van der Waals surface area contributed by atoms with Gasteiger partial charge in [-0.1, -0.05) is 83.9 Å². The molecule has 0 aromatic heterocycles. The Bertz CT molecular complexity index is 3700. The summed E-state index contributed by atoms with van der Waals surface area (Å²) in [6, 6.07) is 5.89. The number of methoxy groups -OCH3 is 5. The smallest absolute Gasteiger partial charge is 0.411 e. The molecule has 4 aliphatic heterocycles. The summed E-state index contributed by atoms with van der Waals surface area (Å²) in [6.45, 7) is 19.0. The number of thioether (sulfide) groups is 1. The number of halogens is 1. The number of carbonyl (C=O) groups excluding carboxylic acids is 5. The fraction of sp³-hybridized carbons (Fsp3) is 0.622. The van der Waals surface area contributed by atoms with E-state index in [-0.39, 0.29) is 94.9 Å². The fourth-order valence-corrected chi connectivity index (χ4v) is 16.9. The molecule has 2 aromatic carbocycles. The van der Waals surface area contributed by atoms with Gasteiger partial charge in [-0.2, -0.15) is 10.6 Å². The number of Topliss-reactive ketones (excluding diaryl/α,β-unsaturated/α-hetero) is 2. The molecule has 0 spiro atoms. The number of aliphatic hydroxyl groups is 5. The first-order valence-electron chi connectivity index (χ1n) is 35.2. The molecule has 6 aliphatic rings. The van der Waals surface area contributed by atoms with Crippen LogP contribution in [0.4, 0.5) is 4.79 Å². The van der Waals surface area contributed by atoms with Crippen LogP contribution in [0.2, 0.25) is 0 Å². The second-order valence-electron chi connectivity index (χ2n) is 27.2. The van der Waals surface area contributed by atoms with Crippen LogP contribution in [0.3, 0.4) is 0 Å². The van der Waals surface area contributed by atoms with Crippen molar-refractivity contribution in [1.82, 2.24) is 21.5 Å². The Kier molecular flexibility index (Phi) is 32.7. The molecule has 9 N–H and O–H groups in total. The van der Waals surface area contributed by atoms with Crippen molar-refractivity contribution >= 4 is 90.3 Å². The van der Waals surface area contributed by atoms with Gasteiger partial charge in [0.1, 0.15) is 48.2 Å². The third-order valence-corrected chi connectivity index (χ3v) is 24.4. The third-order valence-electron chi connectivity index (χ3n) is 18.6. The molecule has 0 saturated carbocycles. The first-order valence-corrected chi connectivity index (χ1v) is 39.5. The van der Waals surface area contributed by atoms with Crippen molar-refractivity contribution in [2.24, 2.45) is 11.0 Å². The van der Waals surface area contributed by atoms with Crippen LogP contribution in [0.15, 0.2) is 64.4 Å². The lowest BCUT2D eigenvalue weighted by molar-refractivity contribution is -0.336. The summed E-state index contributed by atoms with van der Waals surface area (Å²) in [5.74, 6) is 11.5. The van der Waals surface area contributed by atoms with E-state index in [4.69, 9.17) is 66.4 Å². The molecule has 2 aromatic rings. The largest absolute Gasteiger partial charge is 0.494 e. The normalized spacial score (nSPS) is 31.0. The number of aliphatic hydroxyl groups excluding tert-OH is 4. The Morgan fingerprint density at radius 3 is 2.24 bits per heavy atom. The number of ether oxygens (including phenoxy) is 13. The number of hydrazone groups is 1.